The number of hydrogen-bond donors (Lipinski definition) is 2. The van der Waals surface area contributed by atoms with E-state index in [9.17, 15) is 9.59 Å². The molecule has 3 aromatic rings. The van der Waals surface area contributed by atoms with Gasteiger partial charge in [-0.15, -0.1) is 0 Å². The average Bonchev–Trinajstić information content (AvgIpc) is 2.74. The van der Waals surface area contributed by atoms with Crippen molar-refractivity contribution in [3.8, 4) is 5.75 Å². The van der Waals surface area contributed by atoms with Gasteiger partial charge in [0.05, 0.1) is 0 Å². The summed E-state index contributed by atoms with van der Waals surface area (Å²) < 4.78 is 5.73. The highest BCUT2D eigenvalue weighted by Crippen LogP contribution is 2.17. The molecular formula is C24H24N2O3. The van der Waals surface area contributed by atoms with Gasteiger partial charge in [0.25, 0.3) is 0 Å². The van der Waals surface area contributed by atoms with Gasteiger partial charge in [0.1, 0.15) is 12.4 Å². The summed E-state index contributed by atoms with van der Waals surface area (Å²) >= 11 is 0. The summed E-state index contributed by atoms with van der Waals surface area (Å²) in [5.41, 5.74) is 3.61. The van der Waals surface area contributed by atoms with Crippen LogP contribution in [0.25, 0.3) is 0 Å². The molecule has 0 aromatic heterocycles. The molecule has 0 aliphatic rings. The van der Waals surface area contributed by atoms with Gasteiger partial charge in [0.2, 0.25) is 11.8 Å². The smallest absolute Gasteiger partial charge is 0.224 e. The van der Waals surface area contributed by atoms with E-state index in [1.807, 2.05) is 73.7 Å². The fourth-order valence-electron chi connectivity index (χ4n) is 2.69. The molecule has 0 aliphatic carbocycles. The van der Waals surface area contributed by atoms with Crippen molar-refractivity contribution < 1.29 is 14.3 Å². The summed E-state index contributed by atoms with van der Waals surface area (Å²) in [6, 6.07) is 24.6. The molecule has 0 fully saturated rings. The Kier molecular flexibility index (Phi) is 7.00. The molecule has 2 N–H and O–H groups in total. The Hall–Kier alpha value is -3.60. The van der Waals surface area contributed by atoms with E-state index in [1.165, 1.54) is 0 Å². The van der Waals surface area contributed by atoms with E-state index in [2.05, 4.69) is 10.6 Å². The lowest BCUT2D eigenvalue weighted by atomic mass is 10.2. The first-order chi connectivity index (χ1) is 14.1. The van der Waals surface area contributed by atoms with Crippen molar-refractivity contribution in [2.45, 2.75) is 26.4 Å². The molecule has 5 heteroatoms. The summed E-state index contributed by atoms with van der Waals surface area (Å²) in [7, 11) is 0. The van der Waals surface area contributed by atoms with Gasteiger partial charge in [-0.3, -0.25) is 9.59 Å². The van der Waals surface area contributed by atoms with Crippen LogP contribution in [-0.4, -0.2) is 11.8 Å². The third-order valence-corrected chi connectivity index (χ3v) is 4.30. The van der Waals surface area contributed by atoms with Crippen LogP contribution >= 0.6 is 0 Å². The average molecular weight is 388 g/mol. The van der Waals surface area contributed by atoms with Crippen LogP contribution in [0, 0.1) is 6.92 Å². The third-order valence-electron chi connectivity index (χ3n) is 4.30. The Balaban J connectivity index is 1.40. The maximum absolute atomic E-state index is 12.1. The van der Waals surface area contributed by atoms with Gasteiger partial charge < -0.3 is 15.4 Å². The van der Waals surface area contributed by atoms with Crippen LogP contribution in [0.15, 0.2) is 78.9 Å². The van der Waals surface area contributed by atoms with Gasteiger partial charge in [-0.1, -0.05) is 48.0 Å². The molecule has 2 amide bonds. The summed E-state index contributed by atoms with van der Waals surface area (Å²) in [5.74, 6) is 0.333. The van der Waals surface area contributed by atoms with Crippen LogP contribution in [0.2, 0.25) is 0 Å². The first kappa shape index (κ1) is 20.1. The summed E-state index contributed by atoms with van der Waals surface area (Å²) in [5, 5.41) is 5.58. The van der Waals surface area contributed by atoms with Crippen LogP contribution < -0.4 is 15.4 Å². The predicted molar refractivity (Wildman–Crippen MR) is 115 cm³/mol. The van der Waals surface area contributed by atoms with Crippen LogP contribution in [0.4, 0.5) is 11.4 Å². The normalized spacial score (nSPS) is 10.2. The largest absolute Gasteiger partial charge is 0.489 e. The van der Waals surface area contributed by atoms with Crippen LogP contribution in [-0.2, 0) is 16.2 Å². The second-order valence-electron chi connectivity index (χ2n) is 6.76. The number of carbonyl (C=O) groups excluding carboxylic acids is 2. The van der Waals surface area contributed by atoms with Gasteiger partial charge in [-0.05, 0) is 48.9 Å². The monoisotopic (exact) mass is 388 g/mol. The van der Waals surface area contributed by atoms with Crippen LogP contribution in [0.5, 0.6) is 5.75 Å². The number of carbonyl (C=O) groups is 2. The number of ether oxygens (including phenoxy) is 1. The topological polar surface area (TPSA) is 67.4 Å². The standard InChI is InChI=1S/C24H24N2O3/c1-18-7-9-20(10-8-18)25-23(27)15-16-24(28)26-21-11-13-22(14-12-21)29-17-19-5-3-2-4-6-19/h2-14H,15-17H2,1H3,(H,25,27)(H,26,28). The zero-order chi connectivity index (χ0) is 20.5. The van der Waals surface area contributed by atoms with Crippen molar-refractivity contribution >= 4 is 23.2 Å². The van der Waals surface area contributed by atoms with Gasteiger partial charge in [-0.25, -0.2) is 0 Å². The van der Waals surface area contributed by atoms with E-state index in [1.54, 1.807) is 12.1 Å². The van der Waals surface area contributed by atoms with E-state index in [-0.39, 0.29) is 24.7 Å². The van der Waals surface area contributed by atoms with Crippen molar-refractivity contribution in [1.29, 1.82) is 0 Å². The number of benzene rings is 3. The fraction of sp³-hybridized carbons (Fsp3) is 0.167. The van der Waals surface area contributed by atoms with Crippen molar-refractivity contribution in [2.24, 2.45) is 0 Å². The molecule has 148 valence electrons. The molecule has 5 nitrogen and oxygen atoms in total. The SMILES string of the molecule is Cc1ccc(NC(=O)CCC(=O)Nc2ccc(OCc3ccccc3)cc2)cc1. The minimum atomic E-state index is -0.206. The lowest BCUT2D eigenvalue weighted by Crippen LogP contribution is -2.17. The summed E-state index contributed by atoms with van der Waals surface area (Å²) in [6.45, 7) is 2.47. The van der Waals surface area contributed by atoms with Crippen molar-refractivity contribution in [2.75, 3.05) is 10.6 Å². The zero-order valence-corrected chi connectivity index (χ0v) is 16.4. The van der Waals surface area contributed by atoms with Crippen molar-refractivity contribution in [3.05, 3.63) is 90.0 Å². The number of nitrogens with one attached hydrogen (secondary N) is 2. The molecule has 0 saturated carbocycles. The number of amides is 2. The molecule has 0 aliphatic heterocycles. The molecule has 0 spiro atoms. The molecule has 0 bridgehead atoms. The highest BCUT2D eigenvalue weighted by molar-refractivity contribution is 5.96. The highest BCUT2D eigenvalue weighted by Gasteiger charge is 2.08. The highest BCUT2D eigenvalue weighted by atomic mass is 16.5. The number of rotatable bonds is 8. The Morgan fingerprint density at radius 2 is 1.24 bits per heavy atom. The first-order valence-corrected chi connectivity index (χ1v) is 9.52. The second kappa shape index (κ2) is 10.1. The van der Waals surface area contributed by atoms with Crippen LogP contribution in [0.1, 0.15) is 24.0 Å². The maximum atomic E-state index is 12.1. The molecule has 0 heterocycles. The lowest BCUT2D eigenvalue weighted by molar-refractivity contribution is -0.121. The van der Waals surface area contributed by atoms with Crippen LogP contribution in [0.3, 0.4) is 0 Å². The molecule has 0 saturated heterocycles. The quantitative estimate of drug-likeness (QED) is 0.575. The Labute approximate surface area is 170 Å². The van der Waals surface area contributed by atoms with Gasteiger partial charge in [0, 0.05) is 24.2 Å². The molecule has 0 atom stereocenters. The molecule has 3 rings (SSSR count). The summed E-state index contributed by atoms with van der Waals surface area (Å²) in [6.07, 6.45) is 0.238. The van der Waals surface area contributed by atoms with E-state index < -0.39 is 0 Å². The van der Waals surface area contributed by atoms with E-state index in [0.717, 1.165) is 22.6 Å². The minimum absolute atomic E-state index is 0.115. The minimum Gasteiger partial charge on any atom is -0.489 e. The first-order valence-electron chi connectivity index (χ1n) is 9.52. The number of aryl methyl sites for hydroxylation is 1. The molecule has 0 radical (unpaired) electrons. The zero-order valence-electron chi connectivity index (χ0n) is 16.4. The van der Waals surface area contributed by atoms with Crippen molar-refractivity contribution in [3.63, 3.8) is 0 Å². The number of hydrogen-bond acceptors (Lipinski definition) is 3. The number of anilines is 2. The fourth-order valence-corrected chi connectivity index (χ4v) is 2.69. The van der Waals surface area contributed by atoms with Gasteiger partial charge in [0.15, 0.2) is 0 Å². The Bertz CT molecular complexity index is 936. The Morgan fingerprint density at radius 3 is 1.79 bits per heavy atom. The van der Waals surface area contributed by atoms with Crippen molar-refractivity contribution in [1.82, 2.24) is 0 Å². The lowest BCUT2D eigenvalue weighted by Gasteiger charge is -2.09. The molecular weight excluding hydrogens is 364 g/mol. The van der Waals surface area contributed by atoms with Gasteiger partial charge in [-0.2, -0.15) is 0 Å². The molecule has 0 unspecified atom stereocenters. The summed E-state index contributed by atoms with van der Waals surface area (Å²) in [4.78, 5) is 24.1. The van der Waals surface area contributed by atoms with Gasteiger partial charge >= 0.3 is 0 Å². The Morgan fingerprint density at radius 1 is 0.724 bits per heavy atom. The van der Waals surface area contributed by atoms with E-state index in [4.69, 9.17) is 4.74 Å². The van der Waals surface area contributed by atoms with E-state index >= 15 is 0 Å². The van der Waals surface area contributed by atoms with E-state index in [0.29, 0.717) is 12.3 Å². The second-order valence-corrected chi connectivity index (χ2v) is 6.76. The predicted octanol–water partition coefficient (Wildman–Crippen LogP) is 4.93. The third kappa shape index (κ3) is 6.81. The molecule has 29 heavy (non-hydrogen) atoms. The molecule has 3 aromatic carbocycles. The maximum Gasteiger partial charge on any atom is 0.224 e.